The molecule has 8 aromatic carbocycles. The van der Waals surface area contributed by atoms with Crippen molar-refractivity contribution in [2.45, 2.75) is 12.4 Å². The summed E-state index contributed by atoms with van der Waals surface area (Å²) < 4.78 is 87.1. The Labute approximate surface area is 391 Å². The molecule has 3 heterocycles. The molecule has 330 valence electrons. The van der Waals surface area contributed by atoms with Crippen molar-refractivity contribution in [1.29, 1.82) is 0 Å². The van der Waals surface area contributed by atoms with Crippen molar-refractivity contribution in [1.82, 2.24) is 4.98 Å². The quantitative estimate of drug-likeness (QED) is 0.147. The van der Waals surface area contributed by atoms with Gasteiger partial charge in [0.15, 0.2) is 0 Å². The van der Waals surface area contributed by atoms with Gasteiger partial charge in [-0.3, -0.25) is 0 Å². The lowest BCUT2D eigenvalue weighted by Gasteiger charge is -2.18. The van der Waals surface area contributed by atoms with Crippen molar-refractivity contribution in [2.75, 3.05) is 0 Å². The lowest BCUT2D eigenvalue weighted by Crippen LogP contribution is -2.06. The second kappa shape index (κ2) is 17.0. The fraction of sp³-hybridized carbons (Fsp3) is 0.0339. The molecule has 0 bridgehead atoms. The summed E-state index contributed by atoms with van der Waals surface area (Å²) in [7, 11) is 0. The van der Waals surface area contributed by atoms with Gasteiger partial charge in [-0.2, -0.15) is 26.3 Å². The van der Waals surface area contributed by atoms with E-state index in [2.05, 4.69) is 29.2 Å². The van der Waals surface area contributed by atoms with Gasteiger partial charge >= 0.3 is 12.4 Å². The van der Waals surface area contributed by atoms with Crippen LogP contribution in [0.5, 0.6) is 0 Å². The molecule has 10 aromatic rings. The first-order chi connectivity index (χ1) is 33.0. The van der Waals surface area contributed by atoms with Crippen molar-refractivity contribution in [3.05, 3.63) is 257 Å². The number of rotatable bonds is 8. The Morgan fingerprint density at radius 3 is 1.47 bits per heavy atom. The third-order valence-corrected chi connectivity index (χ3v) is 13.5. The van der Waals surface area contributed by atoms with E-state index >= 15 is 0 Å². The second-order valence-corrected chi connectivity index (χ2v) is 17.5. The highest BCUT2D eigenvalue weighted by Gasteiger charge is 2.36. The molecule has 0 aliphatic carbocycles. The number of fused-ring (bicyclic) bond motifs is 3. The third kappa shape index (κ3) is 7.64. The topological polar surface area (TPSA) is 28.1 Å². The monoisotopic (exact) mass is 918 g/mol. The molecule has 0 saturated carbocycles. The lowest BCUT2D eigenvalue weighted by atomic mass is 9.84. The van der Waals surface area contributed by atoms with Gasteiger partial charge in [0.1, 0.15) is 0 Å². The largest absolute Gasteiger partial charge is 0.416 e. The Hall–Kier alpha value is -8.01. The van der Waals surface area contributed by atoms with Crippen LogP contribution in [-0.4, -0.2) is 10.7 Å². The molecule has 68 heavy (non-hydrogen) atoms. The van der Waals surface area contributed by atoms with Crippen LogP contribution in [-0.2, 0) is 12.4 Å². The van der Waals surface area contributed by atoms with Crippen LogP contribution in [0, 0.1) is 0 Å². The predicted molar refractivity (Wildman–Crippen MR) is 265 cm³/mol. The number of hydrogen-bond donors (Lipinski definition) is 1. The normalized spacial score (nSPS) is 13.9. The van der Waals surface area contributed by atoms with Gasteiger partial charge in [0.05, 0.1) is 33.9 Å². The molecule has 1 N–H and O–H groups in total. The molecule has 0 atom stereocenters. The van der Waals surface area contributed by atoms with E-state index in [-0.39, 0.29) is 0 Å². The molecule has 0 unspecified atom stereocenters. The zero-order chi connectivity index (χ0) is 46.6. The third-order valence-electron chi connectivity index (χ3n) is 12.3. The molecule has 0 fully saturated rings. The summed E-state index contributed by atoms with van der Waals surface area (Å²) in [5.41, 5.74) is 9.47. The fourth-order valence-corrected chi connectivity index (χ4v) is 10.5. The number of halogens is 6. The molecule has 2 aromatic heterocycles. The van der Waals surface area contributed by atoms with Gasteiger partial charge in [-0.25, -0.2) is 4.99 Å². The van der Waals surface area contributed by atoms with E-state index in [1.54, 1.807) is 11.3 Å². The van der Waals surface area contributed by atoms with Gasteiger partial charge in [0.25, 0.3) is 0 Å². The molecule has 0 radical (unpaired) electrons. The van der Waals surface area contributed by atoms with E-state index in [4.69, 9.17) is 4.99 Å². The van der Waals surface area contributed by atoms with Gasteiger partial charge in [-0.1, -0.05) is 176 Å². The number of alkyl halides is 6. The summed E-state index contributed by atoms with van der Waals surface area (Å²) in [5.74, 6) is 0. The van der Waals surface area contributed by atoms with E-state index in [1.165, 1.54) is 24.3 Å². The summed E-state index contributed by atoms with van der Waals surface area (Å²) in [6.45, 7) is 0. The predicted octanol–water partition coefficient (Wildman–Crippen LogP) is 17.3. The van der Waals surface area contributed by atoms with Crippen molar-refractivity contribution in [3.8, 4) is 33.5 Å². The summed E-state index contributed by atoms with van der Waals surface area (Å²) in [6.07, 6.45) is -9.10. The Morgan fingerprint density at radius 1 is 0.412 bits per heavy atom. The number of aliphatic imine (C=N–C) groups is 1. The Bertz CT molecular complexity index is 3580. The van der Waals surface area contributed by atoms with Crippen LogP contribution in [0.1, 0.15) is 39.1 Å². The number of nitrogens with zero attached hydrogens (tertiary/aromatic N) is 1. The number of thiophene rings is 1. The molecule has 0 amide bonds. The maximum absolute atomic E-state index is 14.2. The molecule has 2 nitrogen and oxygen atoms in total. The first-order valence-electron chi connectivity index (χ1n) is 21.8. The number of hydrogen-bond acceptors (Lipinski definition) is 2. The van der Waals surface area contributed by atoms with Crippen molar-refractivity contribution in [3.63, 3.8) is 0 Å². The molecular formula is C59H36F6N2S. The van der Waals surface area contributed by atoms with E-state index in [9.17, 15) is 26.3 Å². The minimum Gasteiger partial charge on any atom is -0.353 e. The number of aromatic nitrogens is 1. The number of aromatic amines is 1. The number of benzene rings is 8. The first kappa shape index (κ1) is 42.6. The van der Waals surface area contributed by atoms with Gasteiger partial charge < -0.3 is 4.98 Å². The van der Waals surface area contributed by atoms with Crippen LogP contribution in [0.25, 0.3) is 70.4 Å². The Balaban J connectivity index is 1.36. The number of H-pyrrole nitrogens is 1. The van der Waals surface area contributed by atoms with Crippen LogP contribution < -0.4 is 0 Å². The van der Waals surface area contributed by atoms with Gasteiger partial charge in [-0.05, 0) is 69.8 Å². The maximum Gasteiger partial charge on any atom is 0.416 e. The highest BCUT2D eigenvalue weighted by atomic mass is 32.1. The second-order valence-electron chi connectivity index (χ2n) is 16.5. The summed E-state index contributed by atoms with van der Waals surface area (Å²) in [4.78, 5) is 9.59. The average molecular weight is 919 g/mol. The molecule has 9 heteroatoms. The number of nitrogens with one attached hydrogen (secondary N) is 1. The first-order valence-corrected chi connectivity index (χ1v) is 22.7. The summed E-state index contributed by atoms with van der Waals surface area (Å²) in [5, 5.41) is 2.01. The molecular weight excluding hydrogens is 883 g/mol. The van der Waals surface area contributed by atoms with Crippen LogP contribution in [0.3, 0.4) is 0 Å². The molecule has 0 spiro atoms. The average Bonchev–Trinajstić information content (AvgIpc) is 4.08. The zero-order valence-corrected chi connectivity index (χ0v) is 36.6. The smallest absolute Gasteiger partial charge is 0.353 e. The van der Waals surface area contributed by atoms with Crippen LogP contribution >= 0.6 is 11.3 Å². The van der Waals surface area contributed by atoms with Gasteiger partial charge in [0.2, 0.25) is 0 Å². The van der Waals surface area contributed by atoms with Crippen molar-refractivity contribution in [2.24, 2.45) is 4.99 Å². The molecule has 0 saturated heterocycles. The summed E-state index contributed by atoms with van der Waals surface area (Å²) >= 11 is 1.67. The lowest BCUT2D eigenvalue weighted by molar-refractivity contribution is -0.138. The van der Waals surface area contributed by atoms with E-state index in [0.29, 0.717) is 56.2 Å². The number of allylic oxidation sites excluding steroid dienone is 2. The van der Waals surface area contributed by atoms with Crippen LogP contribution in [0.4, 0.5) is 26.3 Å². The maximum atomic E-state index is 14.2. The Kier molecular flexibility index (Phi) is 10.7. The van der Waals surface area contributed by atoms with Crippen LogP contribution in [0.2, 0.25) is 0 Å². The van der Waals surface area contributed by atoms with Crippen molar-refractivity contribution >= 4 is 53.9 Å². The fourth-order valence-electron chi connectivity index (χ4n) is 9.32. The van der Waals surface area contributed by atoms with E-state index < -0.39 is 23.5 Å². The van der Waals surface area contributed by atoms with Crippen LogP contribution in [0.15, 0.2) is 223 Å². The summed E-state index contributed by atoms with van der Waals surface area (Å²) in [6, 6.07) is 63.7. The highest BCUT2D eigenvalue weighted by molar-refractivity contribution is 7.25. The standard InChI is InChI=1S/C59H36F6N2S/c60-58(61,62)42-32-28-38(29-33-42)48-50(36-16-5-1-6-17-36)56(66-54(48)40-20-9-3-10-21-40)53(45-25-15-27-47-52(45)44-24-13-14-26-46(44)68-47)57-51(37-18-7-2-8-19-37)49(55(67-57)41-22-11-4-12-23-41)39-30-34-43(35-31-39)59(63,64)65/h1-35,66H/b57-53-. The van der Waals surface area contributed by atoms with Gasteiger partial charge in [0, 0.05) is 53.6 Å². The molecule has 1 aliphatic heterocycles. The zero-order valence-electron chi connectivity index (χ0n) is 35.8. The molecule has 1 aliphatic rings. The minimum absolute atomic E-state index is 0.540. The van der Waals surface area contributed by atoms with Gasteiger partial charge in [-0.15, -0.1) is 11.3 Å². The minimum atomic E-state index is -4.55. The highest BCUT2D eigenvalue weighted by Crippen LogP contribution is 2.53. The van der Waals surface area contributed by atoms with E-state index in [1.807, 2.05) is 140 Å². The van der Waals surface area contributed by atoms with Crippen molar-refractivity contribution < 1.29 is 26.3 Å². The Morgan fingerprint density at radius 2 is 0.882 bits per heavy atom. The molecule has 11 rings (SSSR count). The van der Waals surface area contributed by atoms with E-state index in [0.717, 1.165) is 77.8 Å². The SMILES string of the molecule is FC(F)(F)c1ccc(C2=C(c3ccccc3)/C(=C(/c3[nH]c(-c4ccccc4)c(-c4ccc(C(F)(F)F)cc4)c3-c3ccccc3)c3cccc4sc5ccccc5c34)N=C2c2ccccc2)cc1.